The van der Waals surface area contributed by atoms with Crippen molar-refractivity contribution in [3.05, 3.63) is 0 Å². The van der Waals surface area contributed by atoms with Gasteiger partial charge in [0.05, 0.1) is 52.9 Å². The summed E-state index contributed by atoms with van der Waals surface area (Å²) in [5, 5.41) is 252. The van der Waals surface area contributed by atoms with Gasteiger partial charge in [-0.3, -0.25) is 19.2 Å². The van der Waals surface area contributed by atoms with Gasteiger partial charge in [0, 0.05) is 27.7 Å². The molecular formula is C56H94N4O41. The van der Waals surface area contributed by atoms with Gasteiger partial charge in [0.15, 0.2) is 50.3 Å². The lowest BCUT2D eigenvalue weighted by atomic mass is 9.93. The highest BCUT2D eigenvalue weighted by Crippen LogP contribution is 2.39. The zero-order valence-corrected chi connectivity index (χ0v) is 54.3. The van der Waals surface area contributed by atoms with E-state index in [2.05, 4.69) is 21.3 Å². The average Bonchev–Trinajstić information content (AvgIpc) is 0.773. The van der Waals surface area contributed by atoms with Crippen LogP contribution in [0, 0.1) is 0 Å². The van der Waals surface area contributed by atoms with Crippen LogP contribution in [0.2, 0.25) is 0 Å². The van der Waals surface area contributed by atoms with Crippen LogP contribution in [0.5, 0.6) is 0 Å². The van der Waals surface area contributed by atoms with Crippen LogP contribution in [-0.2, 0) is 90.2 Å². The number of nitrogens with one attached hydrogen (secondary N) is 4. The second-order valence-electron chi connectivity index (χ2n) is 25.4. The normalized spacial score (nSPS) is 48.3. The number of carbonyl (C=O) groups excluding carboxylic acids is 4. The number of aliphatic hydroxyl groups is 22. The Labute approximate surface area is 572 Å². The number of aliphatic hydroxyl groups excluding tert-OH is 22. The number of hydrogen-bond acceptors (Lipinski definition) is 41. The van der Waals surface area contributed by atoms with Crippen LogP contribution in [0.3, 0.4) is 0 Å². The molecule has 101 heavy (non-hydrogen) atoms. The minimum absolute atomic E-state index is 0.768. The molecule has 8 fully saturated rings. The van der Waals surface area contributed by atoms with Crippen molar-refractivity contribution in [2.75, 3.05) is 52.9 Å². The van der Waals surface area contributed by atoms with Crippen LogP contribution in [0.1, 0.15) is 27.7 Å². The summed E-state index contributed by atoms with van der Waals surface area (Å²) >= 11 is 0. The van der Waals surface area contributed by atoms with Crippen molar-refractivity contribution in [2.45, 2.75) is 273 Å². The lowest BCUT2D eigenvalue weighted by Gasteiger charge is -2.51. The van der Waals surface area contributed by atoms with Crippen molar-refractivity contribution in [3.63, 3.8) is 0 Å². The van der Waals surface area contributed by atoms with E-state index in [-0.39, 0.29) is 0 Å². The predicted molar refractivity (Wildman–Crippen MR) is 311 cm³/mol. The Balaban J connectivity index is 1.12. The van der Waals surface area contributed by atoms with Crippen molar-refractivity contribution in [3.8, 4) is 0 Å². The first-order chi connectivity index (χ1) is 47.8. The molecule has 8 aliphatic rings. The third-order valence-corrected chi connectivity index (χ3v) is 18.2. The molecule has 26 N–H and O–H groups in total. The molecule has 8 rings (SSSR count). The third kappa shape index (κ3) is 18.5. The molecule has 584 valence electrons. The van der Waals surface area contributed by atoms with Crippen LogP contribution in [0.15, 0.2) is 0 Å². The van der Waals surface area contributed by atoms with E-state index >= 15 is 0 Å². The van der Waals surface area contributed by atoms with E-state index in [4.69, 9.17) is 71.1 Å². The monoisotopic (exact) mass is 1480 g/mol. The zero-order chi connectivity index (χ0) is 74.5. The van der Waals surface area contributed by atoms with Gasteiger partial charge in [0.25, 0.3) is 0 Å². The maximum Gasteiger partial charge on any atom is 0.217 e. The quantitative estimate of drug-likeness (QED) is 0.0382. The van der Waals surface area contributed by atoms with Crippen molar-refractivity contribution in [1.29, 1.82) is 0 Å². The lowest BCUT2D eigenvalue weighted by Crippen LogP contribution is -2.71. The molecule has 0 unspecified atom stereocenters. The Kier molecular flexibility index (Phi) is 29.9. The number of ether oxygens (including phenoxy) is 15. The summed E-state index contributed by atoms with van der Waals surface area (Å²) in [4.78, 5) is 50.1. The molecule has 0 aromatic heterocycles. The smallest absolute Gasteiger partial charge is 0.217 e. The van der Waals surface area contributed by atoms with E-state index in [0.29, 0.717) is 0 Å². The van der Waals surface area contributed by atoms with Gasteiger partial charge >= 0.3 is 0 Å². The molecule has 8 aliphatic heterocycles. The minimum Gasteiger partial charge on any atom is -0.394 e. The van der Waals surface area contributed by atoms with E-state index in [1.165, 1.54) is 0 Å². The Morgan fingerprint density at radius 3 is 1.00 bits per heavy atom. The summed E-state index contributed by atoms with van der Waals surface area (Å²) in [6.07, 6.45) is -73.1. The summed E-state index contributed by atoms with van der Waals surface area (Å²) < 4.78 is 88.1. The van der Waals surface area contributed by atoms with Gasteiger partial charge in [-0.2, -0.15) is 0 Å². The molecule has 0 aromatic carbocycles. The first-order valence-corrected chi connectivity index (χ1v) is 32.1. The third-order valence-electron chi connectivity index (χ3n) is 18.2. The maximum absolute atomic E-state index is 12.9. The van der Waals surface area contributed by atoms with Gasteiger partial charge in [-0.05, 0) is 0 Å². The number of carbonyl (C=O) groups is 4. The predicted octanol–water partition coefficient (Wildman–Crippen LogP) is -17.9. The van der Waals surface area contributed by atoms with E-state index in [9.17, 15) is 132 Å². The van der Waals surface area contributed by atoms with Gasteiger partial charge in [-0.1, -0.05) is 0 Å². The highest BCUT2D eigenvalue weighted by atomic mass is 16.8. The van der Waals surface area contributed by atoms with Crippen LogP contribution < -0.4 is 21.3 Å². The van der Waals surface area contributed by atoms with Crippen molar-refractivity contribution >= 4 is 23.6 Å². The molecule has 0 bridgehead atoms. The molecule has 8 saturated heterocycles. The molecule has 45 nitrogen and oxygen atoms in total. The number of amides is 4. The molecule has 45 heteroatoms. The fourth-order valence-corrected chi connectivity index (χ4v) is 13.0. The minimum atomic E-state index is -2.51. The second kappa shape index (κ2) is 36.3. The molecule has 8 heterocycles. The van der Waals surface area contributed by atoms with E-state index in [0.717, 1.165) is 27.7 Å². The highest BCUT2D eigenvalue weighted by Gasteiger charge is 2.60. The van der Waals surface area contributed by atoms with Crippen LogP contribution in [-0.4, -0.2) is 434 Å². The summed E-state index contributed by atoms with van der Waals surface area (Å²) in [5.41, 5.74) is 0. The topological polar surface area (TPSA) is 700 Å². The molecule has 0 radical (unpaired) electrons. The Hall–Kier alpha value is -3.60. The van der Waals surface area contributed by atoms with Crippen molar-refractivity contribution in [1.82, 2.24) is 21.3 Å². The molecule has 0 aliphatic carbocycles. The van der Waals surface area contributed by atoms with Gasteiger partial charge < -0.3 is 205 Å². The van der Waals surface area contributed by atoms with Gasteiger partial charge in [0.1, 0.15) is 195 Å². The van der Waals surface area contributed by atoms with Crippen LogP contribution in [0.25, 0.3) is 0 Å². The van der Waals surface area contributed by atoms with Gasteiger partial charge in [0.2, 0.25) is 23.6 Å². The first kappa shape index (κ1) is 83.0. The molecule has 0 saturated carbocycles. The summed E-state index contributed by atoms with van der Waals surface area (Å²) in [7, 11) is 0. The van der Waals surface area contributed by atoms with Crippen molar-refractivity contribution < 1.29 is 203 Å². The number of hydrogen-bond donors (Lipinski definition) is 26. The Morgan fingerprint density at radius 2 is 0.545 bits per heavy atom. The van der Waals surface area contributed by atoms with E-state index in [1.807, 2.05) is 0 Å². The van der Waals surface area contributed by atoms with E-state index < -0.39 is 322 Å². The summed E-state index contributed by atoms with van der Waals surface area (Å²) in [5.74, 6) is -3.40. The zero-order valence-electron chi connectivity index (χ0n) is 54.3. The fraction of sp³-hybridized carbons (Fsp3) is 0.929. The number of rotatable bonds is 26. The fourth-order valence-electron chi connectivity index (χ4n) is 13.0. The molecular weight excluding hydrogens is 1380 g/mol. The molecule has 0 aromatic rings. The maximum atomic E-state index is 12.9. The van der Waals surface area contributed by atoms with Gasteiger partial charge in [-0.15, -0.1) is 0 Å². The lowest BCUT2D eigenvalue weighted by molar-refractivity contribution is -0.397. The summed E-state index contributed by atoms with van der Waals surface area (Å²) in [6, 6.07) is -7.05. The van der Waals surface area contributed by atoms with Crippen LogP contribution in [0.4, 0.5) is 0 Å². The second-order valence-corrected chi connectivity index (χ2v) is 25.4. The SMILES string of the molecule is CC(=O)N[C@@H]1[C@@H](O)[C@H](O[C@@H]2O[C@H](CO)[C@@H](O[C@@H]3O[C@H](CO[C@H]4O[C@H](CO)[C@@H](O)[C@H](O[C@H]5O[C@H](CO)[C@@H](O)[C@H](O)[C@@H]5O)[C@@H]4O)[C@@H](O)[C@H](O[C@H]4O[C@H](CO)[C@@H](O)[C@H](O)[C@@H]4O[C@@H]4O[C@H](CO)[C@@H](O[C@@H]5O[C@H](CO)[C@H](O)[C@H](O)[C@H]5NC(C)=O)[C@H](O)[C@H]4NC(C)=O)[C@@H]3O)[C@H](O)[C@H]2NC(C)=O)[C@@H](CO)O[C@H]1O. The summed E-state index contributed by atoms with van der Waals surface area (Å²) in [6.45, 7) is -4.47. The Bertz CT molecular complexity index is 2640. The van der Waals surface area contributed by atoms with Crippen molar-refractivity contribution in [2.24, 2.45) is 0 Å². The van der Waals surface area contributed by atoms with E-state index in [1.54, 1.807) is 0 Å². The Morgan fingerprint density at radius 1 is 0.257 bits per heavy atom. The highest BCUT2D eigenvalue weighted by molar-refractivity contribution is 5.74. The standard InChI is InChI=1S/C56H94N4O41/c1-13(68)57-25-35(78)43(21(9-65)88-49(25)86)96-51-27(59-15(3)70)37(80)45(23(11-67)93-51)98-55-42(85)47(33(76)24(95-55)12-87-53-41(84)46(32(75)20(8-64)90-53)99-54-40(83)38(81)30(73)18(6-62)91-54)100-56-48(39(82)31(74)19(7-63)92-56)101-52-28(60-16(4)71)36(79)44(22(10-66)94-52)97-50-26(58-14(2)69)34(77)29(72)17(5-61)89-50/h17-56,61-67,72-86H,5-12H2,1-4H3,(H,57,68)(H,58,69)(H,59,70)(H,60,71)/t17-,18-,19-,20-,21-,22-,23-,24-,25-,26-,27-,28-,29+,30-,31-,32-,33-,34-,35-,36-,37-,38+,39+,40+,41+,42+,43-,44-,45-,46+,47+,48+,49-,50+,51+,52+,53+,54-,55+,56-/m1/s1. The molecule has 40 atom stereocenters. The van der Waals surface area contributed by atoms with Crippen LogP contribution >= 0.6 is 0 Å². The first-order valence-electron chi connectivity index (χ1n) is 32.1. The average molecular weight is 1480 g/mol. The largest absolute Gasteiger partial charge is 0.394 e. The van der Waals surface area contributed by atoms with Gasteiger partial charge in [-0.25, -0.2) is 0 Å². The molecule has 4 amide bonds. The molecule has 0 spiro atoms.